The monoisotopic (exact) mass is 420 g/mol. The maximum Gasteiger partial charge on any atom is 0.251 e. The first kappa shape index (κ1) is 20.6. The molecule has 1 aliphatic rings. The molecule has 0 aliphatic carbocycles. The fourth-order valence-corrected chi connectivity index (χ4v) is 3.58. The minimum absolute atomic E-state index is 0.140. The van der Waals surface area contributed by atoms with Crippen molar-refractivity contribution in [2.24, 2.45) is 0 Å². The number of imide groups is 1. The standard InChI is InChI=1S/C21H22Cl2N2O3/c1-2-11-28-17-7-5-16(6-8-17)25-20(26)13-19(21(25)27)24-10-9-14-3-4-15(22)12-18(14)23/h3-8,12,19,24H,2,9-11,13H2,1H3/t19-/m1/s1. The molecular formula is C21H22Cl2N2O3. The van der Waals surface area contributed by atoms with Crippen LogP contribution in [0, 0.1) is 0 Å². The Hall–Kier alpha value is -2.08. The number of halogens is 2. The fraction of sp³-hybridized carbons (Fsp3) is 0.333. The summed E-state index contributed by atoms with van der Waals surface area (Å²) in [5, 5.41) is 4.34. The van der Waals surface area contributed by atoms with Crippen LogP contribution < -0.4 is 15.0 Å². The second kappa shape index (κ2) is 9.41. The van der Waals surface area contributed by atoms with Crippen LogP contribution in [0.15, 0.2) is 42.5 Å². The van der Waals surface area contributed by atoms with Crippen LogP contribution in [0.25, 0.3) is 0 Å². The van der Waals surface area contributed by atoms with Gasteiger partial charge in [-0.2, -0.15) is 0 Å². The summed E-state index contributed by atoms with van der Waals surface area (Å²) in [4.78, 5) is 26.3. The van der Waals surface area contributed by atoms with Crippen LogP contribution in [0.5, 0.6) is 5.75 Å². The largest absolute Gasteiger partial charge is 0.494 e. The van der Waals surface area contributed by atoms with Gasteiger partial charge in [-0.05, 0) is 61.3 Å². The van der Waals surface area contributed by atoms with E-state index in [4.69, 9.17) is 27.9 Å². The Morgan fingerprint density at radius 3 is 2.57 bits per heavy atom. The molecule has 0 bridgehead atoms. The molecule has 0 saturated carbocycles. The van der Waals surface area contributed by atoms with E-state index in [2.05, 4.69) is 5.32 Å². The third-order valence-corrected chi connectivity index (χ3v) is 5.10. The molecule has 1 atom stereocenters. The van der Waals surface area contributed by atoms with Crippen LogP contribution in [0.4, 0.5) is 5.69 Å². The van der Waals surface area contributed by atoms with Gasteiger partial charge in [-0.25, -0.2) is 4.90 Å². The van der Waals surface area contributed by atoms with Crippen LogP contribution in [-0.2, 0) is 16.0 Å². The van der Waals surface area contributed by atoms with E-state index < -0.39 is 6.04 Å². The molecule has 148 valence electrons. The van der Waals surface area contributed by atoms with Crippen LogP contribution in [0.2, 0.25) is 10.0 Å². The van der Waals surface area contributed by atoms with E-state index in [1.54, 1.807) is 36.4 Å². The van der Waals surface area contributed by atoms with Gasteiger partial charge in [-0.1, -0.05) is 36.2 Å². The second-order valence-electron chi connectivity index (χ2n) is 6.61. The summed E-state index contributed by atoms with van der Waals surface area (Å²) < 4.78 is 5.54. The summed E-state index contributed by atoms with van der Waals surface area (Å²) >= 11 is 12.1. The fourth-order valence-electron chi connectivity index (χ4n) is 3.08. The minimum Gasteiger partial charge on any atom is -0.494 e. The number of benzene rings is 2. The van der Waals surface area contributed by atoms with Crippen molar-refractivity contribution in [3.63, 3.8) is 0 Å². The molecule has 2 aromatic carbocycles. The van der Waals surface area contributed by atoms with Crippen molar-refractivity contribution < 1.29 is 14.3 Å². The van der Waals surface area contributed by atoms with Gasteiger partial charge in [-0.3, -0.25) is 9.59 Å². The predicted molar refractivity (Wildman–Crippen MR) is 111 cm³/mol. The highest BCUT2D eigenvalue weighted by atomic mass is 35.5. The summed E-state index contributed by atoms with van der Waals surface area (Å²) in [6, 6.07) is 11.8. The van der Waals surface area contributed by atoms with Gasteiger partial charge >= 0.3 is 0 Å². The summed E-state index contributed by atoms with van der Waals surface area (Å²) in [5.41, 5.74) is 1.50. The lowest BCUT2D eigenvalue weighted by Crippen LogP contribution is -2.39. The Labute approximate surface area is 174 Å². The number of ether oxygens (including phenoxy) is 1. The Kier molecular flexibility index (Phi) is 6.94. The summed E-state index contributed by atoms with van der Waals surface area (Å²) in [7, 11) is 0. The number of nitrogens with zero attached hydrogens (tertiary/aromatic N) is 1. The lowest BCUT2D eigenvalue weighted by Gasteiger charge is -2.16. The van der Waals surface area contributed by atoms with Crippen molar-refractivity contribution in [3.05, 3.63) is 58.1 Å². The first-order chi connectivity index (χ1) is 13.5. The SMILES string of the molecule is CCCOc1ccc(N2C(=O)C[C@@H](NCCc3ccc(Cl)cc3Cl)C2=O)cc1. The summed E-state index contributed by atoms with van der Waals surface area (Å²) in [5.74, 6) is 0.267. The maximum atomic E-state index is 12.7. The van der Waals surface area contributed by atoms with Crippen LogP contribution in [-0.4, -0.2) is 31.0 Å². The molecule has 1 heterocycles. The van der Waals surface area contributed by atoms with E-state index in [1.165, 1.54) is 4.90 Å². The van der Waals surface area contributed by atoms with Crippen LogP contribution in [0.1, 0.15) is 25.3 Å². The van der Waals surface area contributed by atoms with E-state index in [-0.39, 0.29) is 18.2 Å². The van der Waals surface area contributed by atoms with Crippen molar-refractivity contribution >= 4 is 40.7 Å². The number of nitrogens with one attached hydrogen (secondary N) is 1. The van der Waals surface area contributed by atoms with E-state index in [0.717, 1.165) is 17.7 Å². The highest BCUT2D eigenvalue weighted by molar-refractivity contribution is 6.35. The molecule has 5 nitrogen and oxygen atoms in total. The van der Waals surface area contributed by atoms with Crippen molar-refractivity contribution in [1.82, 2.24) is 5.32 Å². The van der Waals surface area contributed by atoms with Gasteiger partial charge in [0.2, 0.25) is 5.91 Å². The van der Waals surface area contributed by atoms with Gasteiger partial charge in [0.05, 0.1) is 24.8 Å². The van der Waals surface area contributed by atoms with Crippen molar-refractivity contribution in [1.29, 1.82) is 0 Å². The maximum absolute atomic E-state index is 12.7. The summed E-state index contributed by atoms with van der Waals surface area (Å²) in [6.07, 6.45) is 1.69. The average molecular weight is 421 g/mol. The molecule has 1 aliphatic heterocycles. The smallest absolute Gasteiger partial charge is 0.251 e. The van der Waals surface area contributed by atoms with E-state index >= 15 is 0 Å². The Bertz CT molecular complexity index is 855. The molecule has 2 aromatic rings. The highest BCUT2D eigenvalue weighted by Crippen LogP contribution is 2.26. The van der Waals surface area contributed by atoms with Gasteiger partial charge in [0, 0.05) is 10.0 Å². The molecule has 0 radical (unpaired) electrons. The van der Waals surface area contributed by atoms with Gasteiger partial charge < -0.3 is 10.1 Å². The molecule has 0 spiro atoms. The number of rotatable bonds is 8. The highest BCUT2D eigenvalue weighted by Gasteiger charge is 2.39. The molecule has 0 unspecified atom stereocenters. The topological polar surface area (TPSA) is 58.6 Å². The van der Waals surface area contributed by atoms with E-state index in [1.807, 2.05) is 13.0 Å². The van der Waals surface area contributed by atoms with Crippen LogP contribution in [0.3, 0.4) is 0 Å². The van der Waals surface area contributed by atoms with Gasteiger partial charge in [0.1, 0.15) is 5.75 Å². The lowest BCUT2D eigenvalue weighted by molar-refractivity contribution is -0.121. The average Bonchev–Trinajstić information content (AvgIpc) is 2.96. The number of anilines is 1. The number of carbonyl (C=O) groups excluding carboxylic acids is 2. The number of carbonyl (C=O) groups is 2. The van der Waals surface area contributed by atoms with E-state index in [0.29, 0.717) is 35.3 Å². The van der Waals surface area contributed by atoms with Crippen molar-refractivity contribution in [2.45, 2.75) is 32.2 Å². The molecule has 0 aromatic heterocycles. The Morgan fingerprint density at radius 2 is 1.89 bits per heavy atom. The lowest BCUT2D eigenvalue weighted by atomic mass is 10.1. The zero-order valence-electron chi connectivity index (χ0n) is 15.6. The minimum atomic E-state index is -0.533. The van der Waals surface area contributed by atoms with Crippen LogP contribution >= 0.6 is 23.2 Å². The zero-order chi connectivity index (χ0) is 20.1. The molecule has 1 N–H and O–H groups in total. The molecule has 1 saturated heterocycles. The molecular weight excluding hydrogens is 399 g/mol. The third-order valence-electron chi connectivity index (χ3n) is 4.51. The third kappa shape index (κ3) is 4.85. The predicted octanol–water partition coefficient (Wildman–Crippen LogP) is 4.25. The molecule has 2 amide bonds. The van der Waals surface area contributed by atoms with Gasteiger partial charge in [0.25, 0.3) is 5.91 Å². The van der Waals surface area contributed by atoms with Gasteiger partial charge in [-0.15, -0.1) is 0 Å². The quantitative estimate of drug-likeness (QED) is 0.648. The van der Waals surface area contributed by atoms with Crippen molar-refractivity contribution in [3.8, 4) is 5.75 Å². The number of hydrogen-bond donors (Lipinski definition) is 1. The summed E-state index contributed by atoms with van der Waals surface area (Å²) in [6.45, 7) is 3.19. The normalized spacial score (nSPS) is 16.7. The number of hydrogen-bond acceptors (Lipinski definition) is 4. The molecule has 3 rings (SSSR count). The molecule has 28 heavy (non-hydrogen) atoms. The van der Waals surface area contributed by atoms with Crippen molar-refractivity contribution in [2.75, 3.05) is 18.1 Å². The molecule has 1 fully saturated rings. The second-order valence-corrected chi connectivity index (χ2v) is 7.45. The Morgan fingerprint density at radius 1 is 1.14 bits per heavy atom. The zero-order valence-corrected chi connectivity index (χ0v) is 17.1. The first-order valence-corrected chi connectivity index (χ1v) is 10.0. The molecule has 7 heteroatoms. The Balaban J connectivity index is 1.58. The number of amides is 2. The van der Waals surface area contributed by atoms with Gasteiger partial charge in [0.15, 0.2) is 0 Å². The first-order valence-electron chi connectivity index (χ1n) is 9.26. The van der Waals surface area contributed by atoms with E-state index in [9.17, 15) is 9.59 Å².